The van der Waals surface area contributed by atoms with E-state index in [1.165, 1.54) is 12.1 Å². The lowest BCUT2D eigenvalue weighted by Crippen LogP contribution is -2.58. The third-order valence-corrected chi connectivity index (χ3v) is 5.37. The molecule has 0 spiro atoms. The maximum atomic E-state index is 13.1. The number of hydrogen-bond acceptors (Lipinski definition) is 4. The Balaban J connectivity index is 1.57. The smallest absolute Gasteiger partial charge is 0.260 e. The topological polar surface area (TPSA) is 58.8 Å². The zero-order chi connectivity index (χ0) is 20.3. The molecule has 2 N–H and O–H groups in total. The third-order valence-electron chi connectivity index (χ3n) is 5.37. The Morgan fingerprint density at radius 3 is 2.57 bits per heavy atom. The Morgan fingerprint density at radius 2 is 1.86 bits per heavy atom. The molecule has 150 valence electrons. The predicted octanol–water partition coefficient (Wildman–Crippen LogP) is 3.22. The van der Waals surface area contributed by atoms with Crippen molar-refractivity contribution in [3.05, 3.63) is 59.4 Å². The number of nitrogen functional groups attached to an aromatic ring is 1. The zero-order valence-electron chi connectivity index (χ0n) is 16.7. The first-order valence-corrected chi connectivity index (χ1v) is 9.61. The number of nitrogens with zero attached hydrogens (tertiary/aromatic N) is 2. The highest BCUT2D eigenvalue weighted by Crippen LogP contribution is 2.25. The summed E-state index contributed by atoms with van der Waals surface area (Å²) in [5.74, 6) is 0.278. The summed E-state index contributed by atoms with van der Waals surface area (Å²) in [6.45, 7) is 8.17. The van der Waals surface area contributed by atoms with Gasteiger partial charge in [0.15, 0.2) is 6.61 Å². The Hall–Kier alpha value is -2.60. The summed E-state index contributed by atoms with van der Waals surface area (Å²) in [5, 5.41) is 0. The number of rotatable bonds is 5. The molecule has 3 rings (SSSR count). The van der Waals surface area contributed by atoms with Crippen LogP contribution < -0.4 is 10.5 Å². The van der Waals surface area contributed by atoms with Gasteiger partial charge in [-0.2, -0.15) is 0 Å². The van der Waals surface area contributed by atoms with Crippen LogP contribution in [0, 0.1) is 12.7 Å². The molecule has 0 aromatic heterocycles. The molecular formula is C22H28FN3O2. The van der Waals surface area contributed by atoms with Crippen LogP contribution in [0.15, 0.2) is 42.5 Å². The Morgan fingerprint density at radius 1 is 1.14 bits per heavy atom. The van der Waals surface area contributed by atoms with Crippen molar-refractivity contribution < 1.29 is 13.9 Å². The molecule has 2 aromatic carbocycles. The highest BCUT2D eigenvalue weighted by Gasteiger charge is 2.32. The summed E-state index contributed by atoms with van der Waals surface area (Å²) in [6, 6.07) is 12.4. The molecule has 1 fully saturated rings. The van der Waals surface area contributed by atoms with Crippen LogP contribution >= 0.6 is 0 Å². The summed E-state index contributed by atoms with van der Waals surface area (Å²) in [4.78, 5) is 16.9. The minimum atomic E-state index is -0.227. The van der Waals surface area contributed by atoms with Crippen molar-refractivity contribution in [1.29, 1.82) is 0 Å². The van der Waals surface area contributed by atoms with E-state index in [1.807, 2.05) is 43.0 Å². The number of aryl methyl sites for hydroxylation is 1. The zero-order valence-corrected chi connectivity index (χ0v) is 16.7. The minimum absolute atomic E-state index is 0.0251. The monoisotopic (exact) mass is 385 g/mol. The van der Waals surface area contributed by atoms with Crippen LogP contribution in [0.3, 0.4) is 0 Å². The lowest BCUT2D eigenvalue weighted by molar-refractivity contribution is -0.139. The van der Waals surface area contributed by atoms with E-state index < -0.39 is 0 Å². The second-order valence-corrected chi connectivity index (χ2v) is 7.58. The van der Waals surface area contributed by atoms with Crippen LogP contribution in [-0.4, -0.2) is 47.5 Å². The van der Waals surface area contributed by atoms with Crippen molar-refractivity contribution in [3.63, 3.8) is 0 Å². The molecule has 0 saturated carbocycles. The van der Waals surface area contributed by atoms with Gasteiger partial charge in [-0.15, -0.1) is 0 Å². The molecule has 1 aliphatic heterocycles. The van der Waals surface area contributed by atoms with E-state index in [9.17, 15) is 9.18 Å². The van der Waals surface area contributed by atoms with Crippen LogP contribution in [-0.2, 0) is 11.3 Å². The maximum Gasteiger partial charge on any atom is 0.260 e. The summed E-state index contributed by atoms with van der Waals surface area (Å²) in [5.41, 5.74) is 8.59. The number of anilines is 1. The number of amides is 1. The van der Waals surface area contributed by atoms with E-state index in [0.717, 1.165) is 24.2 Å². The first-order valence-electron chi connectivity index (χ1n) is 9.61. The number of nitrogens with two attached hydrogens (primary N) is 1. The molecule has 1 aliphatic rings. The number of halogens is 1. The molecule has 2 unspecified atom stereocenters. The van der Waals surface area contributed by atoms with Crippen molar-refractivity contribution in [2.24, 2.45) is 0 Å². The molecule has 1 amide bonds. The molecular weight excluding hydrogens is 357 g/mol. The average Bonchev–Trinajstić information content (AvgIpc) is 2.67. The minimum Gasteiger partial charge on any atom is -0.482 e. The molecule has 5 nitrogen and oxygen atoms in total. The Labute approximate surface area is 165 Å². The van der Waals surface area contributed by atoms with Gasteiger partial charge in [0, 0.05) is 31.7 Å². The number of ether oxygens (including phenoxy) is 1. The van der Waals surface area contributed by atoms with Crippen molar-refractivity contribution in [2.45, 2.75) is 39.4 Å². The van der Waals surface area contributed by atoms with E-state index in [1.54, 1.807) is 6.07 Å². The number of carbonyl (C=O) groups is 1. The van der Waals surface area contributed by atoms with E-state index in [2.05, 4.69) is 11.8 Å². The van der Waals surface area contributed by atoms with E-state index in [-0.39, 0.29) is 30.4 Å². The van der Waals surface area contributed by atoms with Gasteiger partial charge in [-0.05, 0) is 50.1 Å². The number of para-hydroxylation sites is 1. The number of piperazine rings is 1. The van der Waals surface area contributed by atoms with Gasteiger partial charge >= 0.3 is 0 Å². The Kier molecular flexibility index (Phi) is 6.19. The Bertz CT molecular complexity index is 825. The second kappa shape index (κ2) is 8.61. The van der Waals surface area contributed by atoms with Gasteiger partial charge in [-0.3, -0.25) is 9.69 Å². The van der Waals surface area contributed by atoms with Crippen molar-refractivity contribution in [1.82, 2.24) is 9.80 Å². The fraction of sp³-hybridized carbons (Fsp3) is 0.409. The van der Waals surface area contributed by atoms with Gasteiger partial charge in [-0.1, -0.05) is 24.3 Å². The normalized spacial score (nSPS) is 20.2. The largest absolute Gasteiger partial charge is 0.482 e. The first-order chi connectivity index (χ1) is 13.3. The van der Waals surface area contributed by atoms with Gasteiger partial charge in [0.1, 0.15) is 11.6 Å². The molecule has 0 bridgehead atoms. The van der Waals surface area contributed by atoms with Crippen LogP contribution in [0.25, 0.3) is 0 Å². The first kappa shape index (κ1) is 20.1. The standard InChI is InChI=1S/C22H28FN3O2/c1-15-5-4-6-20(22(15)24)28-14-21(27)26-12-16(2)25(11-17(26)3)13-18-7-9-19(23)10-8-18/h4-10,16-17H,11-14,24H2,1-3H3. The van der Waals surface area contributed by atoms with Gasteiger partial charge in [-0.25, -0.2) is 4.39 Å². The third kappa shape index (κ3) is 4.62. The number of hydrogen-bond donors (Lipinski definition) is 1. The maximum absolute atomic E-state index is 13.1. The highest BCUT2D eigenvalue weighted by molar-refractivity contribution is 5.78. The summed E-state index contributed by atoms with van der Waals surface area (Å²) in [6.07, 6.45) is 0. The highest BCUT2D eigenvalue weighted by atomic mass is 19.1. The number of carbonyl (C=O) groups excluding carboxylic acids is 1. The predicted molar refractivity (Wildman–Crippen MR) is 109 cm³/mol. The molecule has 6 heteroatoms. The lowest BCUT2D eigenvalue weighted by Gasteiger charge is -2.44. The summed E-state index contributed by atoms with van der Waals surface area (Å²) >= 11 is 0. The quantitative estimate of drug-likeness (QED) is 0.803. The SMILES string of the molecule is Cc1cccc(OCC(=O)N2CC(C)N(Cc3ccc(F)cc3)CC2C)c1N. The van der Waals surface area contributed by atoms with Crippen LogP contribution in [0.5, 0.6) is 5.75 Å². The van der Waals surface area contributed by atoms with Crippen LogP contribution in [0.4, 0.5) is 10.1 Å². The van der Waals surface area contributed by atoms with E-state index in [4.69, 9.17) is 10.5 Å². The summed E-state index contributed by atoms with van der Waals surface area (Å²) < 4.78 is 18.8. The molecule has 2 atom stereocenters. The second-order valence-electron chi connectivity index (χ2n) is 7.58. The van der Waals surface area contributed by atoms with Crippen LogP contribution in [0.1, 0.15) is 25.0 Å². The van der Waals surface area contributed by atoms with Crippen LogP contribution in [0.2, 0.25) is 0 Å². The van der Waals surface area contributed by atoms with Crippen molar-refractivity contribution >= 4 is 11.6 Å². The van der Waals surface area contributed by atoms with Gasteiger partial charge in [0.2, 0.25) is 0 Å². The summed E-state index contributed by atoms with van der Waals surface area (Å²) in [7, 11) is 0. The molecule has 2 aromatic rings. The molecule has 28 heavy (non-hydrogen) atoms. The van der Waals surface area contributed by atoms with E-state index >= 15 is 0 Å². The molecule has 1 heterocycles. The van der Waals surface area contributed by atoms with Gasteiger partial charge in [0.05, 0.1) is 5.69 Å². The molecule has 0 radical (unpaired) electrons. The van der Waals surface area contributed by atoms with Crippen molar-refractivity contribution in [3.8, 4) is 5.75 Å². The van der Waals surface area contributed by atoms with Crippen molar-refractivity contribution in [2.75, 3.05) is 25.4 Å². The fourth-order valence-corrected chi connectivity index (χ4v) is 3.59. The van der Waals surface area contributed by atoms with Gasteiger partial charge < -0.3 is 15.4 Å². The number of benzene rings is 2. The molecule has 1 saturated heterocycles. The van der Waals surface area contributed by atoms with Gasteiger partial charge in [0.25, 0.3) is 5.91 Å². The average molecular weight is 385 g/mol. The van der Waals surface area contributed by atoms with E-state index in [0.29, 0.717) is 18.0 Å². The lowest BCUT2D eigenvalue weighted by atomic mass is 10.1. The fourth-order valence-electron chi connectivity index (χ4n) is 3.59. The molecule has 0 aliphatic carbocycles.